The van der Waals surface area contributed by atoms with Crippen LogP contribution in [0.15, 0.2) is 30.3 Å². The molecule has 0 amide bonds. The average Bonchev–Trinajstić information content (AvgIpc) is 2.35. The van der Waals surface area contributed by atoms with Gasteiger partial charge in [-0.3, -0.25) is 0 Å². The molecule has 0 aliphatic rings. The number of halogens is 5. The zero-order chi connectivity index (χ0) is 13.3. The monoisotopic (exact) mass is 322 g/mol. The summed E-state index contributed by atoms with van der Waals surface area (Å²) in [5.74, 6) is -0.144. The predicted molar refractivity (Wildman–Crippen MR) is 76.4 cm³/mol. The van der Waals surface area contributed by atoms with Gasteiger partial charge < -0.3 is 0 Å². The lowest BCUT2D eigenvalue weighted by Crippen LogP contribution is -1.87. The molecule has 0 aliphatic carbocycles. The molecule has 0 atom stereocenters. The Balaban J connectivity index is 2.62. The van der Waals surface area contributed by atoms with Crippen molar-refractivity contribution < 1.29 is 4.39 Å². The maximum absolute atomic E-state index is 13.5. The Labute approximate surface area is 124 Å². The summed E-state index contributed by atoms with van der Waals surface area (Å²) in [7, 11) is 0. The quantitative estimate of drug-likeness (QED) is 0.456. The van der Waals surface area contributed by atoms with Crippen LogP contribution in [0.2, 0.25) is 15.1 Å². The van der Waals surface area contributed by atoms with Gasteiger partial charge in [-0.15, -0.1) is 11.6 Å². The van der Waals surface area contributed by atoms with E-state index >= 15 is 0 Å². The van der Waals surface area contributed by atoms with E-state index in [1.807, 2.05) is 0 Å². The lowest BCUT2D eigenvalue weighted by Gasteiger charge is -2.09. The van der Waals surface area contributed by atoms with Gasteiger partial charge >= 0.3 is 0 Å². The number of alkyl halides is 1. The average molecular weight is 324 g/mol. The first-order chi connectivity index (χ1) is 8.52. The third-order valence-electron chi connectivity index (χ3n) is 2.46. The molecular formula is C13H7Cl4F. The van der Waals surface area contributed by atoms with Crippen molar-refractivity contribution in [3.8, 4) is 11.1 Å². The van der Waals surface area contributed by atoms with E-state index in [4.69, 9.17) is 46.4 Å². The smallest absolute Gasteiger partial charge is 0.124 e. The van der Waals surface area contributed by atoms with Crippen molar-refractivity contribution in [3.05, 3.63) is 56.8 Å². The number of hydrogen-bond acceptors (Lipinski definition) is 0. The lowest BCUT2D eigenvalue weighted by molar-refractivity contribution is 0.627. The molecule has 94 valence electrons. The second kappa shape index (κ2) is 5.66. The number of hydrogen-bond donors (Lipinski definition) is 0. The Bertz CT molecular complexity index is 596. The molecule has 2 rings (SSSR count). The molecule has 18 heavy (non-hydrogen) atoms. The van der Waals surface area contributed by atoms with Gasteiger partial charge in [0.15, 0.2) is 0 Å². The van der Waals surface area contributed by atoms with Crippen LogP contribution in [0, 0.1) is 5.82 Å². The summed E-state index contributed by atoms with van der Waals surface area (Å²) in [5, 5.41) is 0.919. The van der Waals surface area contributed by atoms with Crippen molar-refractivity contribution in [3.63, 3.8) is 0 Å². The maximum atomic E-state index is 13.5. The summed E-state index contributed by atoms with van der Waals surface area (Å²) in [5.41, 5.74) is 1.92. The first-order valence-electron chi connectivity index (χ1n) is 5.02. The van der Waals surface area contributed by atoms with Gasteiger partial charge in [0, 0.05) is 11.4 Å². The van der Waals surface area contributed by atoms with Gasteiger partial charge in [0.2, 0.25) is 0 Å². The SMILES string of the molecule is Fc1cc(CCl)cc(-c2ccc(Cl)c(Cl)c2Cl)c1. The van der Waals surface area contributed by atoms with E-state index in [0.717, 1.165) is 0 Å². The van der Waals surface area contributed by atoms with Crippen LogP contribution in [0.3, 0.4) is 0 Å². The zero-order valence-electron chi connectivity index (χ0n) is 8.98. The van der Waals surface area contributed by atoms with Gasteiger partial charge in [-0.2, -0.15) is 0 Å². The van der Waals surface area contributed by atoms with Crippen molar-refractivity contribution in [1.82, 2.24) is 0 Å². The van der Waals surface area contributed by atoms with Crippen LogP contribution >= 0.6 is 46.4 Å². The molecule has 0 heterocycles. The molecule has 5 heteroatoms. The largest absolute Gasteiger partial charge is 0.207 e. The Morgan fingerprint density at radius 2 is 1.67 bits per heavy atom. The van der Waals surface area contributed by atoms with E-state index in [1.165, 1.54) is 12.1 Å². The first kappa shape index (κ1) is 14.0. The molecule has 0 aromatic heterocycles. The minimum absolute atomic E-state index is 0.226. The second-order valence-corrected chi connectivity index (χ2v) is 5.14. The zero-order valence-corrected chi connectivity index (χ0v) is 12.0. The van der Waals surface area contributed by atoms with Crippen LogP contribution in [0.5, 0.6) is 0 Å². The van der Waals surface area contributed by atoms with Crippen LogP contribution < -0.4 is 0 Å². The predicted octanol–water partition coefficient (Wildman–Crippen LogP) is 6.19. The number of rotatable bonds is 2. The fourth-order valence-corrected chi connectivity index (χ4v) is 2.43. The van der Waals surface area contributed by atoms with Crippen LogP contribution in [0.1, 0.15) is 5.56 Å². The molecule has 0 unspecified atom stereocenters. The van der Waals surface area contributed by atoms with Crippen molar-refractivity contribution in [2.24, 2.45) is 0 Å². The topological polar surface area (TPSA) is 0 Å². The highest BCUT2D eigenvalue weighted by molar-refractivity contribution is 6.49. The fraction of sp³-hybridized carbons (Fsp3) is 0.0769. The third-order valence-corrected chi connectivity index (χ3v) is 4.06. The highest BCUT2D eigenvalue weighted by Gasteiger charge is 2.11. The van der Waals surface area contributed by atoms with Crippen LogP contribution in [-0.4, -0.2) is 0 Å². The summed E-state index contributed by atoms with van der Waals surface area (Å²) in [6.07, 6.45) is 0. The van der Waals surface area contributed by atoms with E-state index in [2.05, 4.69) is 0 Å². The second-order valence-electron chi connectivity index (χ2n) is 3.70. The molecule has 0 saturated heterocycles. The van der Waals surface area contributed by atoms with Crippen LogP contribution in [-0.2, 0) is 5.88 Å². The van der Waals surface area contributed by atoms with Gasteiger partial charge in [0.05, 0.1) is 15.1 Å². The van der Waals surface area contributed by atoms with Crippen molar-refractivity contribution >= 4 is 46.4 Å². The third kappa shape index (κ3) is 2.75. The summed E-state index contributed by atoms with van der Waals surface area (Å²) in [6, 6.07) is 7.84. The van der Waals surface area contributed by atoms with Crippen LogP contribution in [0.25, 0.3) is 11.1 Å². The summed E-state index contributed by atoms with van der Waals surface area (Å²) in [4.78, 5) is 0. The summed E-state index contributed by atoms with van der Waals surface area (Å²) >= 11 is 23.6. The van der Waals surface area contributed by atoms with Gasteiger partial charge in [-0.25, -0.2) is 4.39 Å². The van der Waals surface area contributed by atoms with Crippen molar-refractivity contribution in [2.75, 3.05) is 0 Å². The molecule has 0 fully saturated rings. The molecule has 2 aromatic rings. The van der Waals surface area contributed by atoms with Gasteiger partial charge in [0.1, 0.15) is 5.82 Å². The van der Waals surface area contributed by atoms with Gasteiger partial charge in [0.25, 0.3) is 0 Å². The Kier molecular flexibility index (Phi) is 4.39. The summed E-state index contributed by atoms with van der Waals surface area (Å²) in [6.45, 7) is 0. The minimum atomic E-state index is -0.370. The van der Waals surface area contributed by atoms with E-state index in [0.29, 0.717) is 26.7 Å². The molecular weight excluding hydrogens is 317 g/mol. The van der Waals surface area contributed by atoms with Crippen molar-refractivity contribution in [2.45, 2.75) is 5.88 Å². The van der Waals surface area contributed by atoms with Gasteiger partial charge in [-0.1, -0.05) is 40.9 Å². The lowest BCUT2D eigenvalue weighted by atomic mass is 10.0. The first-order valence-corrected chi connectivity index (χ1v) is 6.69. The molecule has 0 saturated carbocycles. The molecule has 0 aliphatic heterocycles. The number of benzene rings is 2. The molecule has 0 nitrogen and oxygen atoms in total. The highest BCUT2D eigenvalue weighted by Crippen LogP contribution is 2.38. The van der Waals surface area contributed by atoms with E-state index < -0.39 is 0 Å². The molecule has 0 radical (unpaired) electrons. The highest BCUT2D eigenvalue weighted by atomic mass is 35.5. The maximum Gasteiger partial charge on any atom is 0.124 e. The molecule has 0 bridgehead atoms. The fourth-order valence-electron chi connectivity index (χ4n) is 1.63. The minimum Gasteiger partial charge on any atom is -0.207 e. The Morgan fingerprint density at radius 1 is 0.944 bits per heavy atom. The van der Waals surface area contributed by atoms with Gasteiger partial charge in [-0.05, 0) is 35.4 Å². The molecule has 2 aromatic carbocycles. The Hall–Kier alpha value is -0.470. The Morgan fingerprint density at radius 3 is 2.33 bits per heavy atom. The summed E-state index contributed by atoms with van der Waals surface area (Å²) < 4.78 is 13.5. The van der Waals surface area contributed by atoms with E-state index in [-0.39, 0.29) is 16.7 Å². The van der Waals surface area contributed by atoms with Crippen LogP contribution in [0.4, 0.5) is 4.39 Å². The normalized spacial score (nSPS) is 10.7. The molecule has 0 spiro atoms. The molecule has 0 N–H and O–H groups in total. The standard InChI is InChI=1S/C13H7Cl4F/c14-6-7-3-8(5-9(18)4-7)10-1-2-11(15)13(17)12(10)16/h1-5H,6H2. The van der Waals surface area contributed by atoms with Crippen molar-refractivity contribution in [1.29, 1.82) is 0 Å². The van der Waals surface area contributed by atoms with E-state index in [1.54, 1.807) is 18.2 Å². The van der Waals surface area contributed by atoms with E-state index in [9.17, 15) is 4.39 Å².